The van der Waals surface area contributed by atoms with Gasteiger partial charge in [0.2, 0.25) is 0 Å². The van der Waals surface area contributed by atoms with Crippen molar-refractivity contribution in [2.45, 2.75) is 44.7 Å². The van der Waals surface area contributed by atoms with Crippen LogP contribution in [0.1, 0.15) is 54.7 Å². The summed E-state index contributed by atoms with van der Waals surface area (Å²) in [7, 11) is 0. The van der Waals surface area contributed by atoms with Crippen molar-refractivity contribution in [3.63, 3.8) is 0 Å². The van der Waals surface area contributed by atoms with Crippen molar-refractivity contribution in [3.8, 4) is 0 Å². The van der Waals surface area contributed by atoms with Crippen molar-refractivity contribution in [1.82, 2.24) is 15.3 Å². The van der Waals surface area contributed by atoms with Crippen molar-refractivity contribution in [2.75, 3.05) is 5.32 Å². The molecule has 1 atom stereocenters. The predicted molar refractivity (Wildman–Crippen MR) is 90.2 cm³/mol. The number of rotatable bonds is 5. The van der Waals surface area contributed by atoms with Crippen LogP contribution in [0.25, 0.3) is 0 Å². The van der Waals surface area contributed by atoms with E-state index in [9.17, 15) is 4.79 Å². The van der Waals surface area contributed by atoms with Gasteiger partial charge in [-0.3, -0.25) is 4.79 Å². The van der Waals surface area contributed by atoms with Gasteiger partial charge >= 0.3 is 0 Å². The minimum absolute atomic E-state index is 0.128. The van der Waals surface area contributed by atoms with Crippen LogP contribution in [-0.4, -0.2) is 21.9 Å². The van der Waals surface area contributed by atoms with Crippen molar-refractivity contribution < 1.29 is 4.79 Å². The van der Waals surface area contributed by atoms with E-state index in [4.69, 9.17) is 0 Å². The third-order valence-electron chi connectivity index (χ3n) is 4.24. The summed E-state index contributed by atoms with van der Waals surface area (Å²) in [5.41, 5.74) is 1.55. The lowest BCUT2D eigenvalue weighted by Gasteiger charge is -2.15. The van der Waals surface area contributed by atoms with Crippen molar-refractivity contribution in [2.24, 2.45) is 0 Å². The highest BCUT2D eigenvalue weighted by Gasteiger charge is 2.18. The fraction of sp³-hybridized carbons (Fsp3) is 0.389. The molecule has 0 saturated heterocycles. The maximum atomic E-state index is 12.1. The Kier molecular flexibility index (Phi) is 4.86. The summed E-state index contributed by atoms with van der Waals surface area (Å²) in [6.45, 7) is 2.07. The minimum Gasteiger partial charge on any atom is -0.362 e. The number of aromatic nitrogens is 2. The largest absolute Gasteiger partial charge is 0.362 e. The molecule has 0 aliphatic heterocycles. The van der Waals surface area contributed by atoms with Crippen LogP contribution in [-0.2, 0) is 0 Å². The van der Waals surface area contributed by atoms with Crippen LogP contribution in [0, 0.1) is 0 Å². The quantitative estimate of drug-likeness (QED) is 0.889. The molecule has 1 heterocycles. The fourth-order valence-electron chi connectivity index (χ4n) is 2.90. The van der Waals surface area contributed by atoms with Crippen LogP contribution in [0.15, 0.2) is 42.7 Å². The van der Waals surface area contributed by atoms with Gasteiger partial charge in [-0.1, -0.05) is 43.2 Å². The Bertz CT molecular complexity index is 636. The van der Waals surface area contributed by atoms with E-state index >= 15 is 0 Å². The summed E-state index contributed by atoms with van der Waals surface area (Å²) < 4.78 is 0. The molecule has 1 aliphatic rings. The number of nitrogens with one attached hydrogen (secondary N) is 2. The Balaban J connectivity index is 1.59. The first-order valence-corrected chi connectivity index (χ1v) is 8.17. The zero-order chi connectivity index (χ0) is 16.1. The number of anilines is 1. The van der Waals surface area contributed by atoms with Gasteiger partial charge in [-0.2, -0.15) is 0 Å². The molecule has 1 aliphatic carbocycles. The second-order valence-electron chi connectivity index (χ2n) is 6.02. The molecule has 1 aromatic heterocycles. The SMILES string of the molecule is CC(Nc1cnc(C(=O)NC2CCCC2)cn1)c1ccccc1. The summed E-state index contributed by atoms with van der Waals surface area (Å²) in [4.78, 5) is 20.7. The molecule has 0 bridgehead atoms. The number of benzene rings is 1. The van der Waals surface area contributed by atoms with Crippen LogP contribution in [0.2, 0.25) is 0 Å². The molecule has 0 radical (unpaired) electrons. The monoisotopic (exact) mass is 310 g/mol. The fourth-order valence-corrected chi connectivity index (χ4v) is 2.90. The van der Waals surface area contributed by atoms with Gasteiger partial charge in [0.1, 0.15) is 11.5 Å². The molecule has 120 valence electrons. The predicted octanol–water partition coefficient (Wildman–Crippen LogP) is 3.32. The lowest BCUT2D eigenvalue weighted by atomic mass is 10.1. The molecule has 5 heteroatoms. The first kappa shape index (κ1) is 15.5. The molecule has 0 spiro atoms. The van der Waals surface area contributed by atoms with Crippen LogP contribution in [0.4, 0.5) is 5.82 Å². The van der Waals surface area contributed by atoms with Gasteiger partial charge < -0.3 is 10.6 Å². The van der Waals surface area contributed by atoms with E-state index in [-0.39, 0.29) is 11.9 Å². The topological polar surface area (TPSA) is 66.9 Å². The molecule has 2 aromatic rings. The lowest BCUT2D eigenvalue weighted by molar-refractivity contribution is 0.0932. The zero-order valence-corrected chi connectivity index (χ0v) is 13.3. The molecule has 1 fully saturated rings. The average Bonchev–Trinajstić information content (AvgIpc) is 3.09. The molecule has 1 saturated carbocycles. The summed E-state index contributed by atoms with van der Waals surface area (Å²) in [6.07, 6.45) is 7.65. The van der Waals surface area contributed by atoms with E-state index in [1.165, 1.54) is 24.6 Å². The molecule has 1 aromatic carbocycles. The number of nitrogens with zero attached hydrogens (tertiary/aromatic N) is 2. The highest BCUT2D eigenvalue weighted by Crippen LogP contribution is 2.19. The van der Waals surface area contributed by atoms with Crippen LogP contribution in [0.3, 0.4) is 0 Å². The Morgan fingerprint density at radius 1 is 1.13 bits per heavy atom. The minimum atomic E-state index is -0.132. The summed E-state index contributed by atoms with van der Waals surface area (Å²) in [6, 6.07) is 10.6. The van der Waals surface area contributed by atoms with Crippen LogP contribution in [0.5, 0.6) is 0 Å². The first-order valence-electron chi connectivity index (χ1n) is 8.17. The second-order valence-corrected chi connectivity index (χ2v) is 6.02. The number of carbonyl (C=O) groups excluding carboxylic acids is 1. The van der Waals surface area contributed by atoms with E-state index in [1.54, 1.807) is 6.20 Å². The first-order chi connectivity index (χ1) is 11.2. The van der Waals surface area contributed by atoms with Gasteiger partial charge in [0.05, 0.1) is 12.4 Å². The molecular weight excluding hydrogens is 288 g/mol. The molecule has 1 amide bonds. The number of hydrogen-bond acceptors (Lipinski definition) is 4. The second kappa shape index (κ2) is 7.22. The molecule has 1 unspecified atom stereocenters. The third kappa shape index (κ3) is 4.06. The summed E-state index contributed by atoms with van der Waals surface area (Å²) in [5.74, 6) is 0.533. The van der Waals surface area contributed by atoms with Gasteiger partial charge in [0, 0.05) is 12.1 Å². The highest BCUT2D eigenvalue weighted by atomic mass is 16.1. The maximum Gasteiger partial charge on any atom is 0.271 e. The van der Waals surface area contributed by atoms with Gasteiger partial charge in [0.15, 0.2) is 0 Å². The maximum absolute atomic E-state index is 12.1. The molecule has 5 nitrogen and oxygen atoms in total. The standard InChI is InChI=1S/C18H22N4O/c1-13(14-7-3-2-4-8-14)21-17-12-19-16(11-20-17)18(23)22-15-9-5-6-10-15/h2-4,7-8,11-13,15H,5-6,9-10H2,1H3,(H,20,21)(H,22,23). The normalized spacial score (nSPS) is 16.0. The molecule has 23 heavy (non-hydrogen) atoms. The van der Waals surface area contributed by atoms with Gasteiger partial charge in [-0.05, 0) is 25.3 Å². The number of carbonyl (C=O) groups is 1. The van der Waals surface area contributed by atoms with E-state index in [0.29, 0.717) is 17.6 Å². The van der Waals surface area contributed by atoms with Crippen molar-refractivity contribution >= 4 is 11.7 Å². The third-order valence-corrected chi connectivity index (χ3v) is 4.24. The van der Waals surface area contributed by atoms with Gasteiger partial charge in [0.25, 0.3) is 5.91 Å². The Morgan fingerprint density at radius 2 is 1.87 bits per heavy atom. The van der Waals surface area contributed by atoms with Crippen LogP contribution < -0.4 is 10.6 Å². The molecule has 3 rings (SSSR count). The highest BCUT2D eigenvalue weighted by molar-refractivity contribution is 5.92. The zero-order valence-electron chi connectivity index (χ0n) is 13.3. The van der Waals surface area contributed by atoms with E-state index in [1.807, 2.05) is 18.2 Å². The van der Waals surface area contributed by atoms with Gasteiger partial charge in [-0.25, -0.2) is 9.97 Å². The number of hydrogen-bond donors (Lipinski definition) is 2. The van der Waals surface area contributed by atoms with Gasteiger partial charge in [-0.15, -0.1) is 0 Å². The van der Waals surface area contributed by atoms with Crippen LogP contribution >= 0.6 is 0 Å². The smallest absolute Gasteiger partial charge is 0.271 e. The molecule has 2 N–H and O–H groups in total. The summed E-state index contributed by atoms with van der Waals surface area (Å²) >= 11 is 0. The average molecular weight is 310 g/mol. The number of amides is 1. The van der Waals surface area contributed by atoms with Crippen molar-refractivity contribution in [1.29, 1.82) is 0 Å². The van der Waals surface area contributed by atoms with E-state index in [0.717, 1.165) is 12.8 Å². The Labute approximate surface area is 136 Å². The lowest BCUT2D eigenvalue weighted by Crippen LogP contribution is -2.33. The van der Waals surface area contributed by atoms with E-state index < -0.39 is 0 Å². The van der Waals surface area contributed by atoms with E-state index in [2.05, 4.69) is 39.7 Å². The summed E-state index contributed by atoms with van der Waals surface area (Å²) in [5, 5.41) is 6.31. The molecular formula is C18H22N4O. The Morgan fingerprint density at radius 3 is 2.52 bits per heavy atom. The Hall–Kier alpha value is -2.43. The van der Waals surface area contributed by atoms with Crippen molar-refractivity contribution in [3.05, 3.63) is 54.0 Å².